The van der Waals surface area contributed by atoms with Crippen LogP contribution in [0.15, 0.2) is 29.2 Å². The largest absolute Gasteiger partial charge is 0.333 e. The van der Waals surface area contributed by atoms with Crippen LogP contribution in [0.3, 0.4) is 0 Å². The molecule has 0 spiro atoms. The lowest BCUT2D eigenvalue weighted by molar-refractivity contribution is 0.0555. The predicted octanol–water partition coefficient (Wildman–Crippen LogP) is 2.83. The van der Waals surface area contributed by atoms with Gasteiger partial charge in [0, 0.05) is 25.2 Å². The fourth-order valence-corrected chi connectivity index (χ4v) is 3.83. The van der Waals surface area contributed by atoms with E-state index < -0.39 is 28.9 Å². The molecule has 0 unspecified atom stereocenters. The molecule has 0 aliphatic carbocycles. The summed E-state index contributed by atoms with van der Waals surface area (Å²) in [5.41, 5.74) is 0.197. The highest BCUT2D eigenvalue weighted by molar-refractivity contribution is 7.89. The third-order valence-corrected chi connectivity index (χ3v) is 5.65. The SMILES string of the molecule is CCCN(CC(F)F)C(=O)c1ccc(S(=O)(=O)N(CC)CC)cc1. The van der Waals surface area contributed by atoms with Crippen molar-refractivity contribution < 1.29 is 22.0 Å². The fourth-order valence-electron chi connectivity index (χ4n) is 2.38. The second kappa shape index (κ2) is 9.08. The Bertz CT molecular complexity index is 629. The average molecular weight is 362 g/mol. The van der Waals surface area contributed by atoms with Crippen molar-refractivity contribution in [1.82, 2.24) is 9.21 Å². The van der Waals surface area contributed by atoms with Crippen LogP contribution in [0.25, 0.3) is 0 Å². The molecular weight excluding hydrogens is 338 g/mol. The quantitative estimate of drug-likeness (QED) is 0.679. The molecule has 1 amide bonds. The van der Waals surface area contributed by atoms with Gasteiger partial charge in [-0.05, 0) is 30.7 Å². The number of hydrogen-bond acceptors (Lipinski definition) is 3. The van der Waals surface area contributed by atoms with Crippen molar-refractivity contribution in [3.05, 3.63) is 29.8 Å². The number of benzene rings is 1. The van der Waals surface area contributed by atoms with Gasteiger partial charge >= 0.3 is 0 Å². The monoisotopic (exact) mass is 362 g/mol. The second-order valence-corrected chi connectivity index (χ2v) is 7.19. The van der Waals surface area contributed by atoms with Crippen LogP contribution in [-0.2, 0) is 10.0 Å². The summed E-state index contributed by atoms with van der Waals surface area (Å²) in [4.78, 5) is 13.5. The van der Waals surface area contributed by atoms with Crippen LogP contribution in [0, 0.1) is 0 Å². The Kier molecular flexibility index (Phi) is 7.75. The molecule has 0 saturated heterocycles. The first-order valence-corrected chi connectivity index (χ1v) is 9.39. The lowest BCUT2D eigenvalue weighted by Crippen LogP contribution is -2.35. The molecule has 0 aliphatic heterocycles. The Labute approximate surface area is 142 Å². The van der Waals surface area contributed by atoms with Crippen molar-refractivity contribution >= 4 is 15.9 Å². The van der Waals surface area contributed by atoms with Crippen molar-refractivity contribution in [2.45, 2.75) is 38.5 Å². The van der Waals surface area contributed by atoms with Gasteiger partial charge < -0.3 is 4.90 Å². The van der Waals surface area contributed by atoms with Crippen molar-refractivity contribution in [2.24, 2.45) is 0 Å². The lowest BCUT2D eigenvalue weighted by Gasteiger charge is -2.22. The van der Waals surface area contributed by atoms with Gasteiger partial charge in [0.1, 0.15) is 0 Å². The Balaban J connectivity index is 3.03. The molecule has 24 heavy (non-hydrogen) atoms. The molecule has 0 heterocycles. The highest BCUT2D eigenvalue weighted by atomic mass is 32.2. The Morgan fingerprint density at radius 3 is 2.04 bits per heavy atom. The minimum absolute atomic E-state index is 0.0821. The van der Waals surface area contributed by atoms with E-state index in [9.17, 15) is 22.0 Å². The minimum Gasteiger partial charge on any atom is -0.333 e. The minimum atomic E-state index is -3.60. The van der Waals surface area contributed by atoms with E-state index in [2.05, 4.69) is 0 Å². The van der Waals surface area contributed by atoms with Crippen molar-refractivity contribution in [3.63, 3.8) is 0 Å². The number of sulfonamides is 1. The molecule has 0 atom stereocenters. The number of hydrogen-bond donors (Lipinski definition) is 0. The van der Waals surface area contributed by atoms with Gasteiger partial charge in [0.25, 0.3) is 12.3 Å². The van der Waals surface area contributed by atoms with Gasteiger partial charge in [-0.15, -0.1) is 0 Å². The van der Waals surface area contributed by atoms with E-state index in [1.54, 1.807) is 20.8 Å². The molecule has 0 aliphatic rings. The van der Waals surface area contributed by atoms with E-state index in [0.29, 0.717) is 19.5 Å². The summed E-state index contributed by atoms with van der Waals surface area (Å²) in [6.45, 7) is 5.56. The molecule has 0 radical (unpaired) electrons. The maximum atomic E-state index is 12.6. The van der Waals surface area contributed by atoms with Gasteiger partial charge in [-0.3, -0.25) is 4.79 Å². The van der Waals surface area contributed by atoms with Crippen LogP contribution in [0.2, 0.25) is 0 Å². The Morgan fingerprint density at radius 1 is 1.08 bits per heavy atom. The summed E-state index contributed by atoms with van der Waals surface area (Å²) in [5.74, 6) is -0.524. The first kappa shape index (κ1) is 20.5. The molecule has 1 aromatic rings. The summed E-state index contributed by atoms with van der Waals surface area (Å²) in [6, 6.07) is 5.42. The number of carbonyl (C=O) groups excluding carboxylic acids is 1. The third kappa shape index (κ3) is 4.98. The molecule has 5 nitrogen and oxygen atoms in total. The summed E-state index contributed by atoms with van der Waals surface area (Å²) in [5, 5.41) is 0. The summed E-state index contributed by atoms with van der Waals surface area (Å²) < 4.78 is 51.3. The van der Waals surface area contributed by atoms with Crippen LogP contribution >= 0.6 is 0 Å². The average Bonchev–Trinajstić information content (AvgIpc) is 2.54. The smallest absolute Gasteiger partial charge is 0.255 e. The van der Waals surface area contributed by atoms with E-state index in [0.717, 1.165) is 4.90 Å². The fraction of sp³-hybridized carbons (Fsp3) is 0.562. The maximum Gasteiger partial charge on any atom is 0.255 e. The second-order valence-electron chi connectivity index (χ2n) is 5.26. The normalized spacial score (nSPS) is 12.0. The van der Waals surface area contributed by atoms with Gasteiger partial charge in [0.05, 0.1) is 11.4 Å². The Hall–Kier alpha value is -1.54. The number of rotatable bonds is 9. The predicted molar refractivity (Wildman–Crippen MR) is 88.7 cm³/mol. The Morgan fingerprint density at radius 2 is 1.62 bits per heavy atom. The number of amides is 1. The van der Waals surface area contributed by atoms with Crippen molar-refractivity contribution in [1.29, 1.82) is 0 Å². The summed E-state index contributed by atoms with van der Waals surface area (Å²) in [6.07, 6.45) is -2.05. The highest BCUT2D eigenvalue weighted by Gasteiger charge is 2.23. The van der Waals surface area contributed by atoms with Crippen LogP contribution in [-0.4, -0.2) is 56.1 Å². The molecule has 0 N–H and O–H groups in total. The van der Waals surface area contributed by atoms with E-state index in [1.807, 2.05) is 0 Å². The van der Waals surface area contributed by atoms with E-state index in [4.69, 9.17) is 0 Å². The standard InChI is InChI=1S/C16H24F2N2O3S/c1-4-11-19(12-15(17)18)16(21)13-7-9-14(10-8-13)24(22,23)20(5-2)6-3/h7-10,15H,4-6,11-12H2,1-3H3. The summed E-state index contributed by atoms with van der Waals surface area (Å²) in [7, 11) is -3.60. The zero-order chi connectivity index (χ0) is 18.3. The molecule has 136 valence electrons. The topological polar surface area (TPSA) is 57.7 Å². The molecule has 1 rings (SSSR count). The third-order valence-electron chi connectivity index (χ3n) is 3.58. The zero-order valence-corrected chi connectivity index (χ0v) is 15.0. The van der Waals surface area contributed by atoms with Gasteiger partial charge in [-0.2, -0.15) is 4.31 Å². The number of carbonyl (C=O) groups is 1. The van der Waals surface area contributed by atoms with E-state index >= 15 is 0 Å². The lowest BCUT2D eigenvalue weighted by atomic mass is 10.2. The molecule has 0 fully saturated rings. The summed E-state index contributed by atoms with van der Waals surface area (Å²) >= 11 is 0. The van der Waals surface area contributed by atoms with Gasteiger partial charge in [0.15, 0.2) is 0 Å². The molecule has 1 aromatic carbocycles. The molecule has 0 saturated carbocycles. The first-order chi connectivity index (χ1) is 11.3. The molecule has 0 bridgehead atoms. The number of alkyl halides is 2. The van der Waals surface area contributed by atoms with Gasteiger partial charge in [0.2, 0.25) is 10.0 Å². The molecular formula is C16H24F2N2O3S. The first-order valence-electron chi connectivity index (χ1n) is 7.95. The van der Waals surface area contributed by atoms with Gasteiger partial charge in [-0.1, -0.05) is 20.8 Å². The molecule has 8 heteroatoms. The van der Waals surface area contributed by atoms with Crippen LogP contribution in [0.4, 0.5) is 8.78 Å². The van der Waals surface area contributed by atoms with Crippen LogP contribution < -0.4 is 0 Å². The number of halogens is 2. The highest BCUT2D eigenvalue weighted by Crippen LogP contribution is 2.17. The van der Waals surface area contributed by atoms with E-state index in [1.165, 1.54) is 28.6 Å². The molecule has 0 aromatic heterocycles. The van der Waals surface area contributed by atoms with Crippen LogP contribution in [0.5, 0.6) is 0 Å². The number of nitrogens with zero attached hydrogens (tertiary/aromatic N) is 2. The van der Waals surface area contributed by atoms with E-state index in [-0.39, 0.29) is 17.0 Å². The van der Waals surface area contributed by atoms with Gasteiger partial charge in [-0.25, -0.2) is 17.2 Å². The maximum absolute atomic E-state index is 12.6. The van der Waals surface area contributed by atoms with Crippen LogP contribution in [0.1, 0.15) is 37.6 Å². The van der Waals surface area contributed by atoms with Crippen molar-refractivity contribution in [2.75, 3.05) is 26.2 Å². The van der Waals surface area contributed by atoms with Crippen molar-refractivity contribution in [3.8, 4) is 0 Å². The zero-order valence-electron chi connectivity index (χ0n) is 14.2.